The number of aryl methyl sites for hydroxylation is 1. The Bertz CT molecular complexity index is 741. The van der Waals surface area contributed by atoms with Crippen LogP contribution in [0, 0.1) is 12.7 Å². The van der Waals surface area contributed by atoms with E-state index >= 15 is 0 Å². The zero-order valence-corrected chi connectivity index (χ0v) is 14.1. The molecular weight excluding hydrogens is 331 g/mol. The molecule has 126 valence electrons. The number of aromatic nitrogens is 2. The molecule has 1 aromatic heterocycles. The number of nitrogens with one attached hydrogen (secondary N) is 1. The van der Waals surface area contributed by atoms with Gasteiger partial charge in [-0.25, -0.2) is 4.39 Å². The zero-order chi connectivity index (χ0) is 17.1. The maximum atomic E-state index is 14.2. The van der Waals surface area contributed by atoms with Crippen LogP contribution in [-0.4, -0.2) is 35.2 Å². The summed E-state index contributed by atoms with van der Waals surface area (Å²) in [5.74, 6) is -0.336. The molecule has 1 aliphatic rings. The topological polar surface area (TPSA) is 58.1 Å². The summed E-state index contributed by atoms with van der Waals surface area (Å²) in [6, 6.07) is 6.75. The molecule has 1 saturated heterocycles. The van der Waals surface area contributed by atoms with E-state index in [1.807, 2.05) is 12.1 Å². The molecule has 0 bridgehead atoms. The number of benzene rings is 1. The number of nitrogens with zero attached hydrogens (tertiary/aromatic N) is 3. The first kappa shape index (κ1) is 16.6. The third-order valence-electron chi connectivity index (χ3n) is 4.16. The average molecular weight is 349 g/mol. The van der Waals surface area contributed by atoms with Crippen molar-refractivity contribution in [1.29, 1.82) is 0 Å². The van der Waals surface area contributed by atoms with E-state index in [0.29, 0.717) is 12.1 Å². The van der Waals surface area contributed by atoms with Gasteiger partial charge in [0.25, 0.3) is 5.91 Å². The Morgan fingerprint density at radius 2 is 2.25 bits per heavy atom. The summed E-state index contributed by atoms with van der Waals surface area (Å²) in [5.41, 5.74) is 0.583. The van der Waals surface area contributed by atoms with E-state index in [1.54, 1.807) is 19.2 Å². The van der Waals surface area contributed by atoms with Crippen molar-refractivity contribution in [2.24, 2.45) is 0 Å². The molecule has 7 heteroatoms. The van der Waals surface area contributed by atoms with Crippen LogP contribution in [0.15, 0.2) is 30.5 Å². The lowest BCUT2D eigenvalue weighted by Gasteiger charge is -2.33. The summed E-state index contributed by atoms with van der Waals surface area (Å²) < 4.78 is 14.2. The first-order chi connectivity index (χ1) is 11.6. The zero-order valence-electron chi connectivity index (χ0n) is 13.3. The lowest BCUT2D eigenvalue weighted by Crippen LogP contribution is -2.48. The minimum absolute atomic E-state index is 0.00696. The van der Waals surface area contributed by atoms with Gasteiger partial charge in [0.15, 0.2) is 11.6 Å². The quantitative estimate of drug-likeness (QED) is 0.926. The van der Waals surface area contributed by atoms with Gasteiger partial charge in [-0.05, 0) is 43.5 Å². The highest BCUT2D eigenvalue weighted by atomic mass is 35.5. The lowest BCUT2D eigenvalue weighted by atomic mass is 10.0. The van der Waals surface area contributed by atoms with Crippen LogP contribution >= 0.6 is 11.6 Å². The monoisotopic (exact) mass is 348 g/mol. The average Bonchev–Trinajstić information content (AvgIpc) is 2.60. The van der Waals surface area contributed by atoms with Gasteiger partial charge in [-0.1, -0.05) is 17.7 Å². The number of hydrogen-bond acceptors (Lipinski definition) is 4. The highest BCUT2D eigenvalue weighted by Crippen LogP contribution is 2.23. The standard InChI is InChI=1S/C17H18ClFN4O/c1-11-6-7-13(16(19)15(11)18)17(24)21-12-4-3-9-23(10-12)14-5-2-8-20-22-14/h2,5-8,12H,3-4,9-10H2,1H3,(H,21,24). The van der Waals surface area contributed by atoms with E-state index in [0.717, 1.165) is 25.2 Å². The SMILES string of the molecule is Cc1ccc(C(=O)NC2CCCN(c3cccnn3)C2)c(F)c1Cl. The van der Waals surface area contributed by atoms with Gasteiger partial charge in [-0.3, -0.25) is 4.79 Å². The van der Waals surface area contributed by atoms with Crippen molar-refractivity contribution in [2.75, 3.05) is 18.0 Å². The van der Waals surface area contributed by atoms with Gasteiger partial charge in [0, 0.05) is 25.3 Å². The third-order valence-corrected chi connectivity index (χ3v) is 4.62. The van der Waals surface area contributed by atoms with Crippen molar-refractivity contribution in [2.45, 2.75) is 25.8 Å². The molecule has 24 heavy (non-hydrogen) atoms. The van der Waals surface area contributed by atoms with Crippen molar-refractivity contribution < 1.29 is 9.18 Å². The molecule has 1 unspecified atom stereocenters. The minimum Gasteiger partial charge on any atom is -0.353 e. The van der Waals surface area contributed by atoms with Crippen LogP contribution < -0.4 is 10.2 Å². The van der Waals surface area contributed by atoms with Crippen molar-refractivity contribution >= 4 is 23.3 Å². The molecular formula is C17H18ClFN4O. The van der Waals surface area contributed by atoms with Crippen LogP contribution in [0.2, 0.25) is 5.02 Å². The molecule has 1 aliphatic heterocycles. The molecule has 1 atom stereocenters. The summed E-state index contributed by atoms with van der Waals surface area (Å²) in [6.07, 6.45) is 3.37. The third kappa shape index (κ3) is 3.48. The molecule has 3 rings (SSSR count). The number of piperidine rings is 1. The van der Waals surface area contributed by atoms with Gasteiger partial charge in [-0.15, -0.1) is 5.10 Å². The van der Waals surface area contributed by atoms with Gasteiger partial charge in [-0.2, -0.15) is 5.10 Å². The molecule has 1 aromatic carbocycles. The van der Waals surface area contributed by atoms with Crippen LogP contribution in [0.4, 0.5) is 10.2 Å². The van der Waals surface area contributed by atoms with E-state index in [2.05, 4.69) is 20.4 Å². The number of carbonyl (C=O) groups excluding carboxylic acids is 1. The first-order valence-electron chi connectivity index (χ1n) is 7.84. The van der Waals surface area contributed by atoms with Gasteiger partial charge in [0.1, 0.15) is 0 Å². The van der Waals surface area contributed by atoms with E-state index in [9.17, 15) is 9.18 Å². The van der Waals surface area contributed by atoms with E-state index < -0.39 is 11.7 Å². The smallest absolute Gasteiger partial charge is 0.254 e. The molecule has 1 amide bonds. The fourth-order valence-electron chi connectivity index (χ4n) is 2.85. The Kier molecular flexibility index (Phi) is 4.94. The number of anilines is 1. The number of hydrogen-bond donors (Lipinski definition) is 1. The normalized spacial score (nSPS) is 17.6. The highest BCUT2D eigenvalue weighted by molar-refractivity contribution is 6.31. The Morgan fingerprint density at radius 3 is 3.00 bits per heavy atom. The predicted octanol–water partition coefficient (Wildman–Crippen LogP) is 2.98. The minimum atomic E-state index is -0.671. The maximum absolute atomic E-state index is 14.2. The molecule has 0 radical (unpaired) electrons. The van der Waals surface area contributed by atoms with Gasteiger partial charge in [0.05, 0.1) is 10.6 Å². The molecule has 1 fully saturated rings. The molecule has 0 spiro atoms. The number of amides is 1. The maximum Gasteiger partial charge on any atom is 0.254 e. The van der Waals surface area contributed by atoms with Crippen molar-refractivity contribution in [3.05, 3.63) is 52.4 Å². The van der Waals surface area contributed by atoms with E-state index in [4.69, 9.17) is 11.6 Å². The van der Waals surface area contributed by atoms with Crippen molar-refractivity contribution in [1.82, 2.24) is 15.5 Å². The van der Waals surface area contributed by atoms with Crippen LogP contribution in [0.25, 0.3) is 0 Å². The van der Waals surface area contributed by atoms with Crippen LogP contribution in [0.1, 0.15) is 28.8 Å². The summed E-state index contributed by atoms with van der Waals surface area (Å²) in [7, 11) is 0. The number of carbonyl (C=O) groups is 1. The summed E-state index contributed by atoms with van der Waals surface area (Å²) in [4.78, 5) is 14.5. The molecule has 0 aliphatic carbocycles. The van der Waals surface area contributed by atoms with Gasteiger partial charge >= 0.3 is 0 Å². The van der Waals surface area contributed by atoms with Gasteiger partial charge < -0.3 is 10.2 Å². The fourth-order valence-corrected chi connectivity index (χ4v) is 3.01. The predicted molar refractivity (Wildman–Crippen MR) is 90.9 cm³/mol. The molecule has 5 nitrogen and oxygen atoms in total. The molecule has 2 aromatic rings. The van der Waals surface area contributed by atoms with Gasteiger partial charge in [0.2, 0.25) is 0 Å². The lowest BCUT2D eigenvalue weighted by molar-refractivity contribution is 0.0929. The second-order valence-electron chi connectivity index (χ2n) is 5.90. The highest BCUT2D eigenvalue weighted by Gasteiger charge is 2.24. The summed E-state index contributed by atoms with van der Waals surface area (Å²) >= 11 is 5.89. The fraction of sp³-hybridized carbons (Fsp3) is 0.353. The number of halogens is 2. The van der Waals surface area contributed by atoms with E-state index in [-0.39, 0.29) is 16.6 Å². The first-order valence-corrected chi connectivity index (χ1v) is 8.22. The summed E-state index contributed by atoms with van der Waals surface area (Å²) in [5, 5.41) is 10.9. The largest absolute Gasteiger partial charge is 0.353 e. The van der Waals surface area contributed by atoms with Crippen molar-refractivity contribution in [3.63, 3.8) is 0 Å². The Morgan fingerprint density at radius 1 is 1.42 bits per heavy atom. The Labute approximate surface area is 144 Å². The molecule has 2 heterocycles. The van der Waals surface area contributed by atoms with E-state index in [1.165, 1.54) is 6.07 Å². The Hall–Kier alpha value is -2.21. The second-order valence-corrected chi connectivity index (χ2v) is 6.28. The molecule has 1 N–H and O–H groups in total. The van der Waals surface area contributed by atoms with Crippen LogP contribution in [-0.2, 0) is 0 Å². The van der Waals surface area contributed by atoms with Crippen molar-refractivity contribution in [3.8, 4) is 0 Å². The second kappa shape index (κ2) is 7.13. The summed E-state index contributed by atoms with van der Waals surface area (Å²) in [6.45, 7) is 3.18. The van der Waals surface area contributed by atoms with Crippen LogP contribution in [0.3, 0.4) is 0 Å². The van der Waals surface area contributed by atoms with Crippen LogP contribution in [0.5, 0.6) is 0 Å². The number of rotatable bonds is 3. The molecule has 0 saturated carbocycles. The Balaban J connectivity index is 1.69.